The van der Waals surface area contributed by atoms with Crippen LogP contribution in [0.5, 0.6) is 0 Å². The third kappa shape index (κ3) is 2.13. The van der Waals surface area contributed by atoms with E-state index in [-0.39, 0.29) is 0 Å². The molecule has 0 amide bonds. The van der Waals surface area contributed by atoms with Crippen LogP contribution in [0.4, 0.5) is 0 Å². The van der Waals surface area contributed by atoms with Crippen molar-refractivity contribution in [3.8, 4) is 0 Å². The van der Waals surface area contributed by atoms with Gasteiger partial charge in [0, 0.05) is 0 Å². The van der Waals surface area contributed by atoms with Crippen molar-refractivity contribution in [3.63, 3.8) is 0 Å². The van der Waals surface area contributed by atoms with Gasteiger partial charge in [-0.1, -0.05) is 24.3 Å². The molecule has 1 aromatic rings. The maximum atomic E-state index is 4.96. The van der Waals surface area contributed by atoms with Crippen LogP contribution in [0, 0.1) is 6.92 Å². The lowest BCUT2D eigenvalue weighted by molar-refractivity contribution is 0.322. The molecule has 0 saturated heterocycles. The summed E-state index contributed by atoms with van der Waals surface area (Å²) in [5, 5.41) is 0. The second-order valence-corrected chi connectivity index (χ2v) is 3.65. The first kappa shape index (κ1) is 9.25. The SMILES string of the molecule is Cc1ccccc1CCC1CO[C]=N1. The van der Waals surface area contributed by atoms with Crippen molar-refractivity contribution >= 4 is 6.40 Å². The summed E-state index contributed by atoms with van der Waals surface area (Å²) >= 11 is 0. The van der Waals surface area contributed by atoms with Gasteiger partial charge in [-0.3, -0.25) is 0 Å². The second-order valence-electron chi connectivity index (χ2n) is 3.65. The lowest BCUT2D eigenvalue weighted by Gasteiger charge is -2.07. The van der Waals surface area contributed by atoms with Crippen molar-refractivity contribution < 1.29 is 4.74 Å². The van der Waals surface area contributed by atoms with Crippen LogP contribution in [0.15, 0.2) is 29.3 Å². The fourth-order valence-electron chi connectivity index (χ4n) is 1.64. The summed E-state index contributed by atoms with van der Waals surface area (Å²) in [7, 11) is 0. The molecule has 0 saturated carbocycles. The van der Waals surface area contributed by atoms with Gasteiger partial charge in [0.1, 0.15) is 6.61 Å². The third-order valence-corrected chi connectivity index (χ3v) is 2.58. The van der Waals surface area contributed by atoms with Crippen molar-refractivity contribution in [2.24, 2.45) is 4.99 Å². The molecule has 2 nitrogen and oxygen atoms in total. The van der Waals surface area contributed by atoms with E-state index >= 15 is 0 Å². The molecule has 1 heterocycles. The molecule has 14 heavy (non-hydrogen) atoms. The first-order valence-corrected chi connectivity index (χ1v) is 4.97. The summed E-state index contributed by atoms with van der Waals surface area (Å²) < 4.78 is 4.96. The Hall–Kier alpha value is -1.31. The molecule has 0 aromatic heterocycles. The summed E-state index contributed by atoms with van der Waals surface area (Å²) in [5.41, 5.74) is 2.77. The number of hydrogen-bond donors (Lipinski definition) is 0. The van der Waals surface area contributed by atoms with E-state index in [0.29, 0.717) is 12.6 Å². The highest BCUT2D eigenvalue weighted by Crippen LogP contribution is 2.13. The summed E-state index contributed by atoms with van der Waals surface area (Å²) in [5.74, 6) is 0. The smallest absolute Gasteiger partial charge is 0.273 e. The fraction of sp³-hybridized carbons (Fsp3) is 0.417. The van der Waals surface area contributed by atoms with Gasteiger partial charge in [-0.05, 0) is 30.9 Å². The fourth-order valence-corrected chi connectivity index (χ4v) is 1.64. The van der Waals surface area contributed by atoms with Crippen LogP contribution in [0.25, 0.3) is 0 Å². The third-order valence-electron chi connectivity index (χ3n) is 2.58. The van der Waals surface area contributed by atoms with Gasteiger partial charge in [-0.2, -0.15) is 0 Å². The van der Waals surface area contributed by atoms with Crippen molar-refractivity contribution in [1.29, 1.82) is 0 Å². The predicted molar refractivity (Wildman–Crippen MR) is 56.7 cm³/mol. The van der Waals surface area contributed by atoms with Gasteiger partial charge in [0.2, 0.25) is 0 Å². The van der Waals surface area contributed by atoms with E-state index in [1.165, 1.54) is 11.1 Å². The first-order chi connectivity index (χ1) is 6.86. The number of aliphatic imine (C=N–C) groups is 1. The van der Waals surface area contributed by atoms with E-state index in [1.807, 2.05) is 0 Å². The minimum absolute atomic E-state index is 0.314. The molecule has 0 aliphatic carbocycles. The monoisotopic (exact) mass is 188 g/mol. The van der Waals surface area contributed by atoms with E-state index in [2.05, 4.69) is 42.6 Å². The molecule has 1 aliphatic rings. The highest BCUT2D eigenvalue weighted by molar-refractivity contribution is 5.48. The lowest BCUT2D eigenvalue weighted by atomic mass is 10.0. The molecule has 0 N–H and O–H groups in total. The molecule has 1 unspecified atom stereocenters. The normalized spacial score (nSPS) is 19.6. The Kier molecular flexibility index (Phi) is 2.82. The molecule has 0 fully saturated rings. The molecular formula is C12H14NO. The summed E-state index contributed by atoms with van der Waals surface area (Å²) in [6, 6.07) is 8.80. The number of hydrogen-bond acceptors (Lipinski definition) is 2. The van der Waals surface area contributed by atoms with Crippen molar-refractivity contribution in [3.05, 3.63) is 35.4 Å². The summed E-state index contributed by atoms with van der Waals surface area (Å²) in [4.78, 5) is 4.11. The Labute approximate surface area is 84.6 Å². The van der Waals surface area contributed by atoms with Crippen molar-refractivity contribution in [1.82, 2.24) is 0 Å². The zero-order chi connectivity index (χ0) is 9.80. The molecule has 0 spiro atoms. The standard InChI is InChI=1S/C12H14NO/c1-10-4-2-3-5-11(10)6-7-12-8-14-9-13-12/h2-5,12H,6-8H2,1H3. The summed E-state index contributed by atoms with van der Waals surface area (Å²) in [6.45, 7) is 2.85. The van der Waals surface area contributed by atoms with Crippen LogP contribution < -0.4 is 0 Å². The van der Waals surface area contributed by atoms with E-state index in [1.54, 1.807) is 0 Å². The van der Waals surface area contributed by atoms with E-state index in [0.717, 1.165) is 12.8 Å². The second kappa shape index (κ2) is 4.27. The summed E-state index contributed by atoms with van der Waals surface area (Å²) in [6.07, 6.45) is 4.68. The topological polar surface area (TPSA) is 21.6 Å². The zero-order valence-corrected chi connectivity index (χ0v) is 8.36. The largest absolute Gasteiger partial charge is 0.472 e. The molecule has 2 rings (SSSR count). The zero-order valence-electron chi connectivity index (χ0n) is 8.36. The first-order valence-electron chi connectivity index (χ1n) is 4.97. The minimum atomic E-state index is 0.314. The molecule has 1 radical (unpaired) electrons. The van der Waals surface area contributed by atoms with Gasteiger partial charge in [0.05, 0.1) is 6.04 Å². The number of benzene rings is 1. The van der Waals surface area contributed by atoms with Gasteiger partial charge in [0.25, 0.3) is 6.40 Å². The molecule has 1 aromatic carbocycles. The average molecular weight is 188 g/mol. The predicted octanol–water partition coefficient (Wildman–Crippen LogP) is 2.23. The lowest BCUT2D eigenvalue weighted by Crippen LogP contribution is -2.07. The van der Waals surface area contributed by atoms with Crippen LogP contribution in [-0.4, -0.2) is 19.0 Å². The van der Waals surface area contributed by atoms with Gasteiger partial charge < -0.3 is 4.74 Å². The Morgan fingerprint density at radius 2 is 2.36 bits per heavy atom. The quantitative estimate of drug-likeness (QED) is 0.712. The minimum Gasteiger partial charge on any atom is -0.472 e. The van der Waals surface area contributed by atoms with E-state index < -0.39 is 0 Å². The van der Waals surface area contributed by atoms with E-state index in [9.17, 15) is 0 Å². The highest BCUT2D eigenvalue weighted by atomic mass is 16.5. The van der Waals surface area contributed by atoms with Crippen LogP contribution in [-0.2, 0) is 11.2 Å². The van der Waals surface area contributed by atoms with Crippen LogP contribution >= 0.6 is 0 Å². The van der Waals surface area contributed by atoms with E-state index in [4.69, 9.17) is 4.74 Å². The number of nitrogens with zero attached hydrogens (tertiary/aromatic N) is 1. The molecule has 1 atom stereocenters. The molecule has 2 heteroatoms. The number of aryl methyl sites for hydroxylation is 2. The maximum Gasteiger partial charge on any atom is 0.273 e. The highest BCUT2D eigenvalue weighted by Gasteiger charge is 2.12. The van der Waals surface area contributed by atoms with Gasteiger partial charge in [0.15, 0.2) is 0 Å². The Morgan fingerprint density at radius 3 is 3.07 bits per heavy atom. The molecule has 0 bridgehead atoms. The number of rotatable bonds is 3. The number of ether oxygens (including phenoxy) is 1. The molecular weight excluding hydrogens is 174 g/mol. The Morgan fingerprint density at radius 1 is 1.50 bits per heavy atom. The van der Waals surface area contributed by atoms with Crippen LogP contribution in [0.3, 0.4) is 0 Å². The average Bonchev–Trinajstić information content (AvgIpc) is 2.69. The molecule has 1 aliphatic heterocycles. The molecule has 73 valence electrons. The van der Waals surface area contributed by atoms with Crippen LogP contribution in [0.1, 0.15) is 17.5 Å². The Balaban J connectivity index is 1.91. The van der Waals surface area contributed by atoms with Gasteiger partial charge >= 0.3 is 0 Å². The van der Waals surface area contributed by atoms with Gasteiger partial charge in [-0.15, -0.1) is 0 Å². The van der Waals surface area contributed by atoms with Gasteiger partial charge in [-0.25, -0.2) is 4.99 Å². The maximum absolute atomic E-state index is 4.96. The van der Waals surface area contributed by atoms with Crippen molar-refractivity contribution in [2.75, 3.05) is 6.61 Å². The van der Waals surface area contributed by atoms with Crippen LogP contribution in [0.2, 0.25) is 0 Å². The Bertz CT molecular complexity index is 333. The van der Waals surface area contributed by atoms with Crippen molar-refractivity contribution in [2.45, 2.75) is 25.8 Å².